The first-order valence-electron chi connectivity index (χ1n) is 11.0. The van der Waals surface area contributed by atoms with Gasteiger partial charge < -0.3 is 18.9 Å². The number of esters is 1. The Kier molecular flexibility index (Phi) is 8.83. The van der Waals surface area contributed by atoms with Crippen molar-refractivity contribution in [2.75, 3.05) is 20.8 Å². The highest BCUT2D eigenvalue weighted by Gasteiger charge is 2.13. The van der Waals surface area contributed by atoms with Crippen LogP contribution in [0.2, 0.25) is 0 Å². The number of methoxy groups -OCH3 is 2. The van der Waals surface area contributed by atoms with Gasteiger partial charge in [0.2, 0.25) is 0 Å². The van der Waals surface area contributed by atoms with Crippen LogP contribution >= 0.6 is 0 Å². The van der Waals surface area contributed by atoms with Gasteiger partial charge in [0.1, 0.15) is 11.5 Å². The minimum atomic E-state index is -0.529. The zero-order valence-corrected chi connectivity index (χ0v) is 20.1. The molecule has 0 spiro atoms. The summed E-state index contributed by atoms with van der Waals surface area (Å²) in [4.78, 5) is 24.4. The smallest absolute Gasteiger partial charge is 0.343 e. The molecule has 3 rings (SSSR count). The van der Waals surface area contributed by atoms with Crippen molar-refractivity contribution in [3.05, 3.63) is 83.4 Å². The Morgan fingerprint density at radius 1 is 0.886 bits per heavy atom. The molecule has 0 fully saturated rings. The van der Waals surface area contributed by atoms with Gasteiger partial charge in [-0.05, 0) is 71.6 Å². The van der Waals surface area contributed by atoms with Crippen LogP contribution in [0.3, 0.4) is 0 Å². The lowest BCUT2D eigenvalue weighted by Crippen LogP contribution is -2.24. The van der Waals surface area contributed by atoms with E-state index in [2.05, 4.69) is 24.4 Å². The number of hydrazone groups is 1. The zero-order valence-electron chi connectivity index (χ0n) is 20.1. The Bertz CT molecular complexity index is 1170. The van der Waals surface area contributed by atoms with E-state index in [-0.39, 0.29) is 12.4 Å². The summed E-state index contributed by atoms with van der Waals surface area (Å²) >= 11 is 0. The largest absolute Gasteiger partial charge is 0.497 e. The van der Waals surface area contributed by atoms with Crippen molar-refractivity contribution >= 4 is 18.1 Å². The number of hydrogen-bond donors (Lipinski definition) is 1. The van der Waals surface area contributed by atoms with E-state index in [0.717, 1.165) is 0 Å². The van der Waals surface area contributed by atoms with Gasteiger partial charge in [-0.3, -0.25) is 4.79 Å². The molecule has 0 saturated heterocycles. The third kappa shape index (κ3) is 7.33. The van der Waals surface area contributed by atoms with Crippen molar-refractivity contribution in [1.29, 1.82) is 0 Å². The van der Waals surface area contributed by atoms with Crippen LogP contribution in [0, 0.1) is 0 Å². The second kappa shape index (κ2) is 12.2. The molecule has 8 nitrogen and oxygen atoms in total. The maximum absolute atomic E-state index is 12.4. The molecule has 0 aliphatic rings. The van der Waals surface area contributed by atoms with Crippen LogP contribution < -0.4 is 24.4 Å². The first-order chi connectivity index (χ1) is 16.9. The summed E-state index contributed by atoms with van der Waals surface area (Å²) in [5, 5.41) is 3.94. The van der Waals surface area contributed by atoms with Gasteiger partial charge in [-0.15, -0.1) is 0 Å². The molecule has 35 heavy (non-hydrogen) atoms. The molecule has 0 aromatic heterocycles. The van der Waals surface area contributed by atoms with Gasteiger partial charge >= 0.3 is 5.97 Å². The monoisotopic (exact) mass is 476 g/mol. The number of carbonyl (C=O) groups excluding carboxylic acids is 2. The number of ether oxygens (including phenoxy) is 4. The van der Waals surface area contributed by atoms with E-state index in [4.69, 9.17) is 18.9 Å². The minimum Gasteiger partial charge on any atom is -0.497 e. The van der Waals surface area contributed by atoms with E-state index >= 15 is 0 Å². The zero-order chi connectivity index (χ0) is 25.2. The molecule has 0 atom stereocenters. The molecule has 8 heteroatoms. The molecule has 0 aliphatic carbocycles. The summed E-state index contributed by atoms with van der Waals surface area (Å²) < 4.78 is 21.4. The summed E-state index contributed by atoms with van der Waals surface area (Å²) in [6.07, 6.45) is 1.45. The molecule has 1 amide bonds. The van der Waals surface area contributed by atoms with E-state index in [1.807, 2.05) is 24.3 Å². The van der Waals surface area contributed by atoms with Crippen molar-refractivity contribution in [2.24, 2.45) is 5.10 Å². The van der Waals surface area contributed by atoms with Crippen LogP contribution in [0.25, 0.3) is 0 Å². The fraction of sp³-hybridized carbons (Fsp3) is 0.222. The first-order valence-corrected chi connectivity index (χ1v) is 11.0. The number of hydrogen-bond acceptors (Lipinski definition) is 7. The summed E-state index contributed by atoms with van der Waals surface area (Å²) in [5.74, 6) is 1.35. The second-order valence-electron chi connectivity index (χ2n) is 7.83. The molecule has 0 saturated carbocycles. The number of carbonyl (C=O) groups is 2. The van der Waals surface area contributed by atoms with Crippen LogP contribution in [0.1, 0.15) is 41.3 Å². The molecule has 182 valence electrons. The van der Waals surface area contributed by atoms with Crippen molar-refractivity contribution < 1.29 is 28.5 Å². The third-order valence-electron chi connectivity index (χ3n) is 5.04. The van der Waals surface area contributed by atoms with Crippen LogP contribution in [0.4, 0.5) is 0 Å². The highest BCUT2D eigenvalue weighted by Crippen LogP contribution is 2.28. The fourth-order valence-electron chi connectivity index (χ4n) is 3.04. The van der Waals surface area contributed by atoms with Crippen LogP contribution in [0.15, 0.2) is 71.8 Å². The lowest BCUT2D eigenvalue weighted by atomic mass is 10.0. The molecule has 0 bridgehead atoms. The van der Waals surface area contributed by atoms with Crippen molar-refractivity contribution in [2.45, 2.75) is 19.8 Å². The first kappa shape index (κ1) is 25.3. The molecule has 0 heterocycles. The number of benzene rings is 3. The minimum absolute atomic E-state index is 0.165. The normalized spacial score (nSPS) is 10.8. The van der Waals surface area contributed by atoms with E-state index in [9.17, 15) is 9.59 Å². The Morgan fingerprint density at radius 2 is 1.57 bits per heavy atom. The van der Waals surface area contributed by atoms with Gasteiger partial charge in [0.15, 0.2) is 18.1 Å². The van der Waals surface area contributed by atoms with Crippen molar-refractivity contribution in [3.63, 3.8) is 0 Å². The molecule has 0 unspecified atom stereocenters. The van der Waals surface area contributed by atoms with E-state index in [0.29, 0.717) is 34.3 Å². The molecule has 0 aliphatic heterocycles. The second-order valence-corrected chi connectivity index (χ2v) is 7.83. The Balaban J connectivity index is 1.53. The summed E-state index contributed by atoms with van der Waals surface area (Å²) in [7, 11) is 3.02. The van der Waals surface area contributed by atoms with Crippen molar-refractivity contribution in [1.82, 2.24) is 5.43 Å². The van der Waals surface area contributed by atoms with Gasteiger partial charge in [-0.1, -0.05) is 26.0 Å². The standard InChI is InChI=1S/C27H28N2O6/c1-18(2)20-6-12-23(13-7-20)34-17-26(30)29-28-16-19-5-14-24(25(15-19)33-4)35-27(31)21-8-10-22(32-3)11-9-21/h5-16,18H,17H2,1-4H3,(H,29,30)/b28-16+. The van der Waals surface area contributed by atoms with Gasteiger partial charge in [0.25, 0.3) is 5.91 Å². The average Bonchev–Trinajstić information content (AvgIpc) is 2.88. The maximum Gasteiger partial charge on any atom is 0.343 e. The summed E-state index contributed by atoms with van der Waals surface area (Å²) in [6, 6.07) is 19.1. The van der Waals surface area contributed by atoms with E-state index < -0.39 is 11.9 Å². The lowest BCUT2D eigenvalue weighted by Gasteiger charge is -2.10. The molecular weight excluding hydrogens is 448 g/mol. The van der Waals surface area contributed by atoms with Gasteiger partial charge in [0.05, 0.1) is 26.0 Å². The molecule has 3 aromatic rings. The molecular formula is C27H28N2O6. The number of amides is 1. The molecule has 1 N–H and O–H groups in total. The lowest BCUT2D eigenvalue weighted by molar-refractivity contribution is -0.123. The van der Waals surface area contributed by atoms with E-state index in [1.165, 1.54) is 18.9 Å². The van der Waals surface area contributed by atoms with Crippen LogP contribution in [0.5, 0.6) is 23.0 Å². The van der Waals surface area contributed by atoms with E-state index in [1.54, 1.807) is 49.6 Å². The Hall–Kier alpha value is -4.33. The Morgan fingerprint density at radius 3 is 2.20 bits per heavy atom. The third-order valence-corrected chi connectivity index (χ3v) is 5.04. The van der Waals surface area contributed by atoms with Crippen LogP contribution in [-0.4, -0.2) is 38.9 Å². The maximum atomic E-state index is 12.4. The predicted molar refractivity (Wildman–Crippen MR) is 133 cm³/mol. The number of nitrogens with zero attached hydrogens (tertiary/aromatic N) is 1. The van der Waals surface area contributed by atoms with Gasteiger partial charge in [-0.2, -0.15) is 5.10 Å². The number of rotatable bonds is 10. The van der Waals surface area contributed by atoms with Gasteiger partial charge in [-0.25, -0.2) is 10.2 Å². The quantitative estimate of drug-likeness (QED) is 0.199. The fourth-order valence-corrected chi connectivity index (χ4v) is 3.04. The highest BCUT2D eigenvalue weighted by atomic mass is 16.6. The highest BCUT2D eigenvalue weighted by molar-refractivity contribution is 5.92. The number of nitrogens with one attached hydrogen (secondary N) is 1. The topological polar surface area (TPSA) is 95.5 Å². The SMILES string of the molecule is COc1ccc(C(=O)Oc2ccc(/C=N/NC(=O)COc3ccc(C(C)C)cc3)cc2OC)cc1. The average molecular weight is 477 g/mol. The van der Waals surface area contributed by atoms with Gasteiger partial charge in [0, 0.05) is 0 Å². The molecule has 3 aromatic carbocycles. The summed E-state index contributed by atoms with van der Waals surface area (Å²) in [5.41, 5.74) is 4.62. The Labute approximate surface area is 204 Å². The predicted octanol–water partition coefficient (Wildman–Crippen LogP) is 4.58. The van der Waals surface area contributed by atoms with Crippen LogP contribution in [-0.2, 0) is 4.79 Å². The summed E-state index contributed by atoms with van der Waals surface area (Å²) in [6.45, 7) is 4.06. The molecule has 0 radical (unpaired) electrons. The van der Waals surface area contributed by atoms with Crippen molar-refractivity contribution in [3.8, 4) is 23.0 Å².